The minimum absolute atomic E-state index is 0.632. The Hall–Kier alpha value is -0.940. The Bertz CT molecular complexity index is 498. The zero-order chi connectivity index (χ0) is 11.5. The highest BCUT2D eigenvalue weighted by molar-refractivity contribution is 9.10. The van der Waals surface area contributed by atoms with E-state index in [2.05, 4.69) is 32.8 Å². The van der Waals surface area contributed by atoms with Crippen molar-refractivity contribution in [3.8, 4) is 10.9 Å². The zero-order valence-electron chi connectivity index (χ0n) is 9.03. The lowest BCUT2D eigenvalue weighted by atomic mass is 10.2. The molecular weight excluding hydrogens is 288 g/mol. The van der Waals surface area contributed by atoms with Crippen LogP contribution in [0, 0.1) is 6.92 Å². The second-order valence-electron chi connectivity index (χ2n) is 3.29. The van der Waals surface area contributed by atoms with Crippen molar-refractivity contribution >= 4 is 27.3 Å². The van der Waals surface area contributed by atoms with Crippen LogP contribution in [0.5, 0.6) is 10.9 Å². The van der Waals surface area contributed by atoms with Gasteiger partial charge in [-0.2, -0.15) is 4.98 Å². The first-order valence-corrected chi connectivity index (χ1v) is 6.61. The molecule has 2 aromatic heterocycles. The number of nitrogens with zero attached hydrogens (tertiary/aromatic N) is 2. The van der Waals surface area contributed by atoms with Crippen molar-refractivity contribution in [3.63, 3.8) is 0 Å². The summed E-state index contributed by atoms with van der Waals surface area (Å²) in [5.41, 5.74) is 1.97. The van der Waals surface area contributed by atoms with Crippen LogP contribution in [-0.2, 0) is 6.42 Å². The predicted octanol–water partition coefficient (Wildman–Crippen LogP) is 3.96. The molecule has 0 radical (unpaired) electrons. The number of aromatic nitrogens is 2. The zero-order valence-corrected chi connectivity index (χ0v) is 11.4. The Morgan fingerprint density at radius 3 is 2.81 bits per heavy atom. The molecule has 0 amide bonds. The Morgan fingerprint density at radius 2 is 2.19 bits per heavy atom. The van der Waals surface area contributed by atoms with Crippen molar-refractivity contribution in [3.05, 3.63) is 33.5 Å². The van der Waals surface area contributed by atoms with Gasteiger partial charge in [0.25, 0.3) is 5.19 Å². The van der Waals surface area contributed by atoms with E-state index in [4.69, 9.17) is 4.74 Å². The SMILES string of the molecule is CCc1nc(C)ccc1Oc1nc(Br)cs1. The highest BCUT2D eigenvalue weighted by atomic mass is 79.9. The second-order valence-corrected chi connectivity index (χ2v) is 4.92. The molecule has 5 heteroatoms. The lowest BCUT2D eigenvalue weighted by molar-refractivity contribution is 0.468. The number of thiazole rings is 1. The molecule has 0 aliphatic rings. The highest BCUT2D eigenvalue weighted by Crippen LogP contribution is 2.29. The third-order valence-corrected chi connectivity index (χ3v) is 3.49. The number of pyridine rings is 1. The second kappa shape index (κ2) is 4.93. The maximum atomic E-state index is 5.69. The quantitative estimate of drug-likeness (QED) is 0.860. The number of rotatable bonds is 3. The molecule has 0 bridgehead atoms. The summed E-state index contributed by atoms with van der Waals surface area (Å²) in [5.74, 6) is 0.787. The monoisotopic (exact) mass is 298 g/mol. The summed E-state index contributed by atoms with van der Waals surface area (Å²) in [6.45, 7) is 4.04. The van der Waals surface area contributed by atoms with Gasteiger partial charge in [0.15, 0.2) is 5.75 Å². The molecular formula is C11H11BrN2OS. The summed E-state index contributed by atoms with van der Waals surface area (Å²) < 4.78 is 6.49. The maximum Gasteiger partial charge on any atom is 0.279 e. The van der Waals surface area contributed by atoms with Crippen LogP contribution in [0.4, 0.5) is 0 Å². The van der Waals surface area contributed by atoms with Crippen molar-refractivity contribution in [2.75, 3.05) is 0 Å². The fourth-order valence-electron chi connectivity index (χ4n) is 1.32. The first-order chi connectivity index (χ1) is 7.69. The molecule has 0 aromatic carbocycles. The number of aryl methyl sites for hydroxylation is 2. The molecule has 2 aromatic rings. The van der Waals surface area contributed by atoms with Gasteiger partial charge in [-0.3, -0.25) is 4.98 Å². The van der Waals surface area contributed by atoms with Gasteiger partial charge in [-0.1, -0.05) is 18.3 Å². The molecule has 0 saturated heterocycles. The predicted molar refractivity (Wildman–Crippen MR) is 68.2 cm³/mol. The third-order valence-electron chi connectivity index (χ3n) is 2.06. The summed E-state index contributed by atoms with van der Waals surface area (Å²) >= 11 is 4.76. The van der Waals surface area contributed by atoms with Gasteiger partial charge in [0, 0.05) is 11.1 Å². The van der Waals surface area contributed by atoms with Crippen molar-refractivity contribution in [2.45, 2.75) is 20.3 Å². The lowest BCUT2D eigenvalue weighted by Gasteiger charge is -2.07. The minimum atomic E-state index is 0.632. The average Bonchev–Trinajstić information content (AvgIpc) is 2.67. The maximum absolute atomic E-state index is 5.69. The highest BCUT2D eigenvalue weighted by Gasteiger charge is 2.07. The van der Waals surface area contributed by atoms with Crippen LogP contribution in [-0.4, -0.2) is 9.97 Å². The number of hydrogen-bond acceptors (Lipinski definition) is 4. The molecule has 0 fully saturated rings. The molecule has 0 aliphatic carbocycles. The smallest absolute Gasteiger partial charge is 0.279 e. The van der Waals surface area contributed by atoms with Crippen LogP contribution in [0.25, 0.3) is 0 Å². The molecule has 0 unspecified atom stereocenters. The van der Waals surface area contributed by atoms with Crippen LogP contribution in [0.3, 0.4) is 0 Å². The normalized spacial score (nSPS) is 10.4. The first-order valence-electron chi connectivity index (χ1n) is 4.94. The molecule has 0 aliphatic heterocycles. The largest absolute Gasteiger partial charge is 0.429 e. The summed E-state index contributed by atoms with van der Waals surface area (Å²) in [4.78, 5) is 8.62. The Morgan fingerprint density at radius 1 is 1.38 bits per heavy atom. The van der Waals surface area contributed by atoms with Gasteiger partial charge in [0.2, 0.25) is 0 Å². The summed E-state index contributed by atoms with van der Waals surface area (Å²) in [6, 6.07) is 3.88. The standard InChI is InChI=1S/C11H11BrN2OS/c1-3-8-9(5-4-7(2)13-8)15-11-14-10(12)6-16-11/h4-6H,3H2,1-2H3. The van der Waals surface area contributed by atoms with Gasteiger partial charge in [0.05, 0.1) is 5.69 Å². The van der Waals surface area contributed by atoms with Crippen LogP contribution in [0.1, 0.15) is 18.3 Å². The molecule has 16 heavy (non-hydrogen) atoms. The van der Waals surface area contributed by atoms with Gasteiger partial charge in [-0.15, -0.1) is 0 Å². The Balaban J connectivity index is 2.27. The fraction of sp³-hybridized carbons (Fsp3) is 0.273. The molecule has 84 valence electrons. The van der Waals surface area contributed by atoms with Gasteiger partial charge in [-0.05, 0) is 41.4 Å². The molecule has 2 heterocycles. The van der Waals surface area contributed by atoms with Gasteiger partial charge >= 0.3 is 0 Å². The van der Waals surface area contributed by atoms with E-state index in [1.807, 2.05) is 24.4 Å². The van der Waals surface area contributed by atoms with Crippen LogP contribution in [0.15, 0.2) is 22.1 Å². The molecule has 0 spiro atoms. The van der Waals surface area contributed by atoms with E-state index in [1.54, 1.807) is 0 Å². The first kappa shape index (κ1) is 11.5. The lowest BCUT2D eigenvalue weighted by Crippen LogP contribution is -1.95. The molecule has 0 saturated carbocycles. The molecule has 0 atom stereocenters. The van der Waals surface area contributed by atoms with Crippen LogP contribution < -0.4 is 4.74 Å². The minimum Gasteiger partial charge on any atom is -0.429 e. The van der Waals surface area contributed by atoms with Crippen molar-refractivity contribution in [1.29, 1.82) is 0 Å². The van der Waals surface area contributed by atoms with Crippen LogP contribution in [0.2, 0.25) is 0 Å². The van der Waals surface area contributed by atoms with Crippen molar-refractivity contribution < 1.29 is 4.74 Å². The van der Waals surface area contributed by atoms with Gasteiger partial charge in [0.1, 0.15) is 4.60 Å². The van der Waals surface area contributed by atoms with Crippen LogP contribution >= 0.6 is 27.3 Å². The van der Waals surface area contributed by atoms with Crippen molar-refractivity contribution in [1.82, 2.24) is 9.97 Å². The Labute approximate surface area is 107 Å². The van der Waals surface area contributed by atoms with E-state index in [-0.39, 0.29) is 0 Å². The van der Waals surface area contributed by atoms with Gasteiger partial charge < -0.3 is 4.74 Å². The average molecular weight is 299 g/mol. The number of ether oxygens (including phenoxy) is 1. The van der Waals surface area contributed by atoms with E-state index < -0.39 is 0 Å². The summed E-state index contributed by atoms with van der Waals surface area (Å²) in [7, 11) is 0. The molecule has 2 rings (SSSR count). The van der Waals surface area contributed by atoms with Crippen molar-refractivity contribution in [2.24, 2.45) is 0 Å². The van der Waals surface area contributed by atoms with E-state index in [9.17, 15) is 0 Å². The number of halogens is 1. The molecule has 0 N–H and O–H groups in total. The molecule has 3 nitrogen and oxygen atoms in total. The third kappa shape index (κ3) is 2.59. The summed E-state index contributed by atoms with van der Waals surface area (Å²) in [6.07, 6.45) is 0.851. The van der Waals surface area contributed by atoms with E-state index >= 15 is 0 Å². The van der Waals surface area contributed by atoms with E-state index in [0.717, 1.165) is 28.2 Å². The van der Waals surface area contributed by atoms with E-state index in [1.165, 1.54) is 11.3 Å². The summed E-state index contributed by atoms with van der Waals surface area (Å²) in [5, 5.41) is 2.52. The number of hydrogen-bond donors (Lipinski definition) is 0. The fourth-order valence-corrected chi connectivity index (χ4v) is 2.42. The topological polar surface area (TPSA) is 35.0 Å². The Kier molecular flexibility index (Phi) is 3.56. The van der Waals surface area contributed by atoms with Gasteiger partial charge in [-0.25, -0.2) is 0 Å². The van der Waals surface area contributed by atoms with E-state index in [0.29, 0.717) is 5.19 Å².